The number of halogens is 2. The zero-order valence-electron chi connectivity index (χ0n) is 12.1. The molecule has 1 N–H and O–H groups in total. The highest BCUT2D eigenvalue weighted by atomic mass is 35.5. The minimum absolute atomic E-state index is 0.183. The number of piperidine rings is 1. The fourth-order valence-corrected chi connectivity index (χ4v) is 3.10. The molecule has 0 aliphatic carbocycles. The summed E-state index contributed by atoms with van der Waals surface area (Å²) in [5, 5.41) is 9.99. The van der Waals surface area contributed by atoms with Crippen LogP contribution in [-0.2, 0) is 9.59 Å². The van der Waals surface area contributed by atoms with Gasteiger partial charge in [-0.05, 0) is 38.0 Å². The third-order valence-corrected chi connectivity index (χ3v) is 4.40. The van der Waals surface area contributed by atoms with Gasteiger partial charge in [0.2, 0.25) is 0 Å². The van der Waals surface area contributed by atoms with Crippen molar-refractivity contribution in [2.24, 2.45) is 5.92 Å². The maximum Gasteiger partial charge on any atom is 0.308 e. The fraction of sp³-hybridized carbons (Fsp3) is 0.467. The Labute approximate surface area is 138 Å². The van der Waals surface area contributed by atoms with Crippen LogP contribution in [0.15, 0.2) is 18.2 Å². The first-order valence-electron chi connectivity index (χ1n) is 7.00. The highest BCUT2D eigenvalue weighted by Gasteiger charge is 2.35. The Morgan fingerprint density at radius 2 is 2.14 bits per heavy atom. The minimum Gasteiger partial charge on any atom is -0.482 e. The molecule has 0 spiro atoms. The lowest BCUT2D eigenvalue weighted by Crippen LogP contribution is -2.50. The molecule has 22 heavy (non-hydrogen) atoms. The number of hydrogen-bond donors (Lipinski definition) is 1. The number of carbonyl (C=O) groups excluding carboxylic acids is 1. The van der Waals surface area contributed by atoms with E-state index >= 15 is 0 Å². The second-order valence-corrected chi connectivity index (χ2v) is 6.12. The number of carboxylic acid groups (broad SMARTS) is 1. The molecule has 0 aromatic heterocycles. The lowest BCUT2D eigenvalue weighted by atomic mass is 9.90. The Kier molecular flexibility index (Phi) is 5.53. The van der Waals surface area contributed by atoms with Crippen LogP contribution in [0.5, 0.6) is 5.75 Å². The van der Waals surface area contributed by atoms with Gasteiger partial charge in [-0.2, -0.15) is 0 Å². The normalized spacial score (nSPS) is 21.5. The van der Waals surface area contributed by atoms with Crippen molar-refractivity contribution in [2.45, 2.75) is 25.8 Å². The van der Waals surface area contributed by atoms with Crippen LogP contribution in [0.1, 0.15) is 19.8 Å². The summed E-state index contributed by atoms with van der Waals surface area (Å²) in [4.78, 5) is 25.0. The van der Waals surface area contributed by atoms with Crippen molar-refractivity contribution in [3.05, 3.63) is 28.2 Å². The number of amides is 1. The Morgan fingerprint density at radius 3 is 2.77 bits per heavy atom. The Hall–Kier alpha value is -1.46. The summed E-state index contributed by atoms with van der Waals surface area (Å²) in [6, 6.07) is 4.41. The summed E-state index contributed by atoms with van der Waals surface area (Å²) in [7, 11) is 0. The summed E-state index contributed by atoms with van der Waals surface area (Å²) in [6.45, 7) is 2.12. The molecule has 0 saturated carbocycles. The first kappa shape index (κ1) is 16.9. The van der Waals surface area contributed by atoms with Gasteiger partial charge in [0.15, 0.2) is 6.61 Å². The molecule has 1 heterocycles. The second kappa shape index (κ2) is 7.20. The van der Waals surface area contributed by atoms with Crippen molar-refractivity contribution in [1.82, 2.24) is 4.90 Å². The number of hydrogen-bond acceptors (Lipinski definition) is 3. The van der Waals surface area contributed by atoms with Crippen molar-refractivity contribution in [1.29, 1.82) is 0 Å². The molecule has 5 nitrogen and oxygen atoms in total. The van der Waals surface area contributed by atoms with Gasteiger partial charge in [0.05, 0.1) is 10.9 Å². The number of rotatable bonds is 4. The summed E-state index contributed by atoms with van der Waals surface area (Å²) in [5.41, 5.74) is 0. The van der Waals surface area contributed by atoms with Crippen molar-refractivity contribution >= 4 is 35.1 Å². The van der Waals surface area contributed by atoms with E-state index in [1.165, 1.54) is 6.07 Å². The van der Waals surface area contributed by atoms with Crippen LogP contribution in [0, 0.1) is 5.92 Å². The van der Waals surface area contributed by atoms with Crippen LogP contribution in [0.2, 0.25) is 10.0 Å². The van der Waals surface area contributed by atoms with Gasteiger partial charge in [-0.3, -0.25) is 9.59 Å². The summed E-state index contributed by atoms with van der Waals surface area (Å²) in [6.07, 6.45) is 1.26. The molecule has 1 amide bonds. The molecule has 120 valence electrons. The maximum absolute atomic E-state index is 12.3. The van der Waals surface area contributed by atoms with Crippen LogP contribution < -0.4 is 4.74 Å². The van der Waals surface area contributed by atoms with Crippen molar-refractivity contribution in [3.63, 3.8) is 0 Å². The zero-order chi connectivity index (χ0) is 16.3. The molecule has 1 fully saturated rings. The van der Waals surface area contributed by atoms with Crippen molar-refractivity contribution in [2.75, 3.05) is 13.2 Å². The molecule has 1 aliphatic heterocycles. The van der Waals surface area contributed by atoms with Gasteiger partial charge in [-0.15, -0.1) is 0 Å². The standard InChI is InChI=1S/C15H17Cl2NO4/c1-9-11(15(20)21)3-2-6-18(9)14(19)8-22-13-5-4-10(16)7-12(13)17/h4-5,7,9,11H,2-3,6,8H2,1H3,(H,20,21)/t9-,11-/m1/s1. The molecule has 2 rings (SSSR count). The van der Waals surface area contributed by atoms with Crippen LogP contribution in [-0.4, -0.2) is 41.1 Å². The molecule has 0 bridgehead atoms. The molecule has 1 saturated heterocycles. The van der Waals surface area contributed by atoms with Crippen LogP contribution in [0.25, 0.3) is 0 Å². The fourth-order valence-electron chi connectivity index (χ4n) is 2.64. The molecule has 7 heteroatoms. The van der Waals surface area contributed by atoms with E-state index < -0.39 is 11.9 Å². The number of aliphatic carboxylic acids is 1. The molecular weight excluding hydrogens is 329 g/mol. The maximum atomic E-state index is 12.3. The minimum atomic E-state index is -0.869. The van der Waals surface area contributed by atoms with Crippen LogP contribution in [0.3, 0.4) is 0 Å². The lowest BCUT2D eigenvalue weighted by molar-refractivity contribution is -0.149. The number of carboxylic acids is 1. The Morgan fingerprint density at radius 1 is 1.41 bits per heavy atom. The SMILES string of the molecule is C[C@@H]1[C@H](C(=O)O)CCCN1C(=O)COc1ccc(Cl)cc1Cl. The summed E-state index contributed by atoms with van der Waals surface area (Å²) >= 11 is 11.8. The van der Waals surface area contributed by atoms with Crippen molar-refractivity contribution in [3.8, 4) is 5.75 Å². The molecule has 2 atom stereocenters. The predicted molar refractivity (Wildman–Crippen MR) is 83.5 cm³/mol. The average molecular weight is 346 g/mol. The van der Waals surface area contributed by atoms with E-state index in [4.69, 9.17) is 27.9 Å². The zero-order valence-corrected chi connectivity index (χ0v) is 13.6. The van der Waals surface area contributed by atoms with Gasteiger partial charge in [-0.1, -0.05) is 23.2 Å². The van der Waals surface area contributed by atoms with E-state index in [0.717, 1.165) is 0 Å². The number of nitrogens with zero attached hydrogens (tertiary/aromatic N) is 1. The van der Waals surface area contributed by atoms with Gasteiger partial charge < -0.3 is 14.7 Å². The smallest absolute Gasteiger partial charge is 0.308 e. The number of ether oxygens (including phenoxy) is 1. The van der Waals surface area contributed by atoms with Crippen LogP contribution in [0.4, 0.5) is 0 Å². The molecule has 1 aromatic carbocycles. The highest BCUT2D eigenvalue weighted by molar-refractivity contribution is 6.35. The predicted octanol–water partition coefficient (Wildman–Crippen LogP) is 3.08. The molecule has 1 aromatic rings. The van der Waals surface area contributed by atoms with E-state index in [9.17, 15) is 14.7 Å². The molecule has 0 unspecified atom stereocenters. The van der Waals surface area contributed by atoms with E-state index in [1.54, 1.807) is 24.0 Å². The number of carbonyl (C=O) groups is 2. The molecule has 0 radical (unpaired) electrons. The van der Waals surface area contributed by atoms with E-state index in [-0.39, 0.29) is 18.6 Å². The van der Waals surface area contributed by atoms with E-state index in [1.807, 2.05) is 0 Å². The monoisotopic (exact) mass is 345 g/mol. The largest absolute Gasteiger partial charge is 0.482 e. The van der Waals surface area contributed by atoms with Gasteiger partial charge in [-0.25, -0.2) is 0 Å². The van der Waals surface area contributed by atoms with E-state index in [0.29, 0.717) is 35.2 Å². The molecule has 1 aliphatic rings. The van der Waals surface area contributed by atoms with Gasteiger partial charge in [0.1, 0.15) is 5.75 Å². The summed E-state index contributed by atoms with van der Waals surface area (Å²) in [5.74, 6) is -1.27. The topological polar surface area (TPSA) is 66.8 Å². The lowest BCUT2D eigenvalue weighted by Gasteiger charge is -2.37. The molecular formula is C15H17Cl2NO4. The van der Waals surface area contributed by atoms with E-state index in [2.05, 4.69) is 0 Å². The second-order valence-electron chi connectivity index (χ2n) is 5.28. The number of benzene rings is 1. The average Bonchev–Trinajstić information content (AvgIpc) is 2.46. The Bertz CT molecular complexity index is 579. The first-order valence-corrected chi connectivity index (χ1v) is 7.76. The third kappa shape index (κ3) is 3.84. The summed E-state index contributed by atoms with van der Waals surface area (Å²) < 4.78 is 5.42. The quantitative estimate of drug-likeness (QED) is 0.910. The third-order valence-electron chi connectivity index (χ3n) is 3.87. The van der Waals surface area contributed by atoms with Crippen LogP contribution >= 0.6 is 23.2 Å². The Balaban J connectivity index is 1.98. The first-order chi connectivity index (χ1) is 10.4. The highest BCUT2D eigenvalue weighted by Crippen LogP contribution is 2.28. The van der Waals surface area contributed by atoms with Crippen molar-refractivity contribution < 1.29 is 19.4 Å². The number of likely N-dealkylation sites (tertiary alicyclic amines) is 1. The van der Waals surface area contributed by atoms with Gasteiger partial charge in [0.25, 0.3) is 5.91 Å². The van der Waals surface area contributed by atoms with Gasteiger partial charge >= 0.3 is 5.97 Å². The van der Waals surface area contributed by atoms with Gasteiger partial charge in [0, 0.05) is 17.6 Å².